The van der Waals surface area contributed by atoms with Crippen LogP contribution in [0.4, 0.5) is 10.1 Å². The van der Waals surface area contributed by atoms with E-state index in [0.717, 1.165) is 22.5 Å². The molecule has 1 N–H and O–H groups in total. The molecule has 0 aliphatic rings. The number of aromatic nitrogens is 2. The Balaban J connectivity index is 1.51. The molecule has 0 radical (unpaired) electrons. The molecule has 0 fully saturated rings. The number of hydrogen-bond acceptors (Lipinski definition) is 2. The summed E-state index contributed by atoms with van der Waals surface area (Å²) in [6, 6.07) is 17.3. The number of hydrogen-bond donors (Lipinski definition) is 1. The summed E-state index contributed by atoms with van der Waals surface area (Å²) >= 11 is 0. The molecule has 0 bridgehead atoms. The van der Waals surface area contributed by atoms with Crippen LogP contribution in [-0.2, 0) is 0 Å². The van der Waals surface area contributed by atoms with Crippen molar-refractivity contribution in [3.05, 3.63) is 90.1 Å². The number of pyridine rings is 1. The maximum atomic E-state index is 13.1. The summed E-state index contributed by atoms with van der Waals surface area (Å²) in [5.41, 5.74) is 4.95. The van der Waals surface area contributed by atoms with Gasteiger partial charge in [0.15, 0.2) is 0 Å². The SMILES string of the molecule is CC(C)c1cn2cc(NC(=O)c3ccc(-c4ccc(F)cc4)cc3)ccc2n1. The number of anilines is 1. The van der Waals surface area contributed by atoms with Gasteiger partial charge in [0.1, 0.15) is 11.5 Å². The zero-order valence-electron chi connectivity index (χ0n) is 15.7. The number of halogens is 1. The van der Waals surface area contributed by atoms with E-state index in [1.165, 1.54) is 12.1 Å². The molecular weight excluding hydrogens is 353 g/mol. The molecule has 140 valence electrons. The van der Waals surface area contributed by atoms with Gasteiger partial charge in [0, 0.05) is 18.0 Å². The number of carbonyl (C=O) groups excluding carboxylic acids is 1. The summed E-state index contributed by atoms with van der Waals surface area (Å²) in [6.07, 6.45) is 3.84. The largest absolute Gasteiger partial charge is 0.321 e. The first-order valence-electron chi connectivity index (χ1n) is 9.15. The zero-order valence-corrected chi connectivity index (χ0v) is 15.7. The highest BCUT2D eigenvalue weighted by molar-refractivity contribution is 6.04. The van der Waals surface area contributed by atoms with Gasteiger partial charge in [-0.05, 0) is 53.4 Å². The van der Waals surface area contributed by atoms with Crippen molar-refractivity contribution >= 4 is 17.2 Å². The lowest BCUT2D eigenvalue weighted by Gasteiger charge is -2.07. The van der Waals surface area contributed by atoms with Crippen LogP contribution < -0.4 is 5.32 Å². The van der Waals surface area contributed by atoms with Crippen molar-refractivity contribution in [2.45, 2.75) is 19.8 Å². The Morgan fingerprint density at radius 2 is 1.57 bits per heavy atom. The predicted molar refractivity (Wildman–Crippen MR) is 109 cm³/mol. The maximum absolute atomic E-state index is 13.1. The molecule has 0 spiro atoms. The van der Waals surface area contributed by atoms with Gasteiger partial charge in [-0.15, -0.1) is 0 Å². The van der Waals surface area contributed by atoms with Crippen molar-refractivity contribution in [3.8, 4) is 11.1 Å². The summed E-state index contributed by atoms with van der Waals surface area (Å²) < 4.78 is 15.0. The van der Waals surface area contributed by atoms with Crippen molar-refractivity contribution in [3.63, 3.8) is 0 Å². The second-order valence-corrected chi connectivity index (χ2v) is 7.04. The van der Waals surface area contributed by atoms with E-state index in [1.54, 1.807) is 24.3 Å². The Hall–Kier alpha value is -3.47. The Kier molecular flexibility index (Phi) is 4.65. The number of imidazole rings is 1. The molecule has 1 amide bonds. The van der Waals surface area contributed by atoms with E-state index in [1.807, 2.05) is 41.1 Å². The topological polar surface area (TPSA) is 46.4 Å². The molecule has 28 heavy (non-hydrogen) atoms. The van der Waals surface area contributed by atoms with Crippen molar-refractivity contribution in [2.24, 2.45) is 0 Å². The van der Waals surface area contributed by atoms with Crippen LogP contribution in [0.1, 0.15) is 35.8 Å². The van der Waals surface area contributed by atoms with E-state index >= 15 is 0 Å². The normalized spacial score (nSPS) is 11.1. The van der Waals surface area contributed by atoms with Crippen LogP contribution in [-0.4, -0.2) is 15.3 Å². The molecule has 0 unspecified atom stereocenters. The first-order valence-corrected chi connectivity index (χ1v) is 9.15. The molecule has 4 aromatic rings. The Labute approximate surface area is 162 Å². The molecule has 0 aliphatic carbocycles. The smallest absolute Gasteiger partial charge is 0.255 e. The molecule has 0 saturated carbocycles. The van der Waals surface area contributed by atoms with Crippen LogP contribution in [0.25, 0.3) is 16.8 Å². The van der Waals surface area contributed by atoms with Crippen LogP contribution in [0.3, 0.4) is 0 Å². The van der Waals surface area contributed by atoms with Crippen LogP contribution in [0.5, 0.6) is 0 Å². The van der Waals surface area contributed by atoms with E-state index in [2.05, 4.69) is 24.1 Å². The number of benzene rings is 2. The minimum Gasteiger partial charge on any atom is -0.321 e. The lowest BCUT2D eigenvalue weighted by molar-refractivity contribution is 0.102. The van der Waals surface area contributed by atoms with Gasteiger partial charge in [0.05, 0.1) is 11.4 Å². The highest BCUT2D eigenvalue weighted by Gasteiger charge is 2.09. The summed E-state index contributed by atoms with van der Waals surface area (Å²) in [4.78, 5) is 17.1. The third-order valence-electron chi connectivity index (χ3n) is 4.64. The summed E-state index contributed by atoms with van der Waals surface area (Å²) in [7, 11) is 0. The number of nitrogens with one attached hydrogen (secondary N) is 1. The van der Waals surface area contributed by atoms with Gasteiger partial charge in [0.2, 0.25) is 0 Å². The average molecular weight is 373 g/mol. The number of carbonyl (C=O) groups is 1. The minimum atomic E-state index is -0.268. The standard InChI is InChI=1S/C23H20FN3O/c1-15(2)21-14-27-13-20(11-12-22(27)26-21)25-23(28)18-5-3-16(4-6-18)17-7-9-19(24)10-8-17/h3-15H,1-2H3,(H,25,28). The fourth-order valence-electron chi connectivity index (χ4n) is 3.02. The predicted octanol–water partition coefficient (Wildman–Crippen LogP) is 5.52. The average Bonchev–Trinajstić information content (AvgIpc) is 3.12. The summed E-state index contributed by atoms with van der Waals surface area (Å²) in [5.74, 6) is -0.109. The highest BCUT2D eigenvalue weighted by atomic mass is 19.1. The fourth-order valence-corrected chi connectivity index (χ4v) is 3.02. The first-order chi connectivity index (χ1) is 13.5. The molecule has 2 heterocycles. The van der Waals surface area contributed by atoms with Crippen LogP contribution >= 0.6 is 0 Å². The lowest BCUT2D eigenvalue weighted by atomic mass is 10.0. The fraction of sp³-hybridized carbons (Fsp3) is 0.130. The molecule has 5 heteroatoms. The van der Waals surface area contributed by atoms with Crippen molar-refractivity contribution < 1.29 is 9.18 Å². The lowest BCUT2D eigenvalue weighted by Crippen LogP contribution is -2.12. The van der Waals surface area contributed by atoms with Crippen molar-refractivity contribution in [1.29, 1.82) is 0 Å². The molecule has 0 saturated heterocycles. The van der Waals surface area contributed by atoms with E-state index in [0.29, 0.717) is 17.2 Å². The molecule has 0 atom stereocenters. The van der Waals surface area contributed by atoms with Gasteiger partial charge in [0.25, 0.3) is 5.91 Å². The van der Waals surface area contributed by atoms with Crippen LogP contribution in [0.2, 0.25) is 0 Å². The summed E-state index contributed by atoms with van der Waals surface area (Å²) in [6.45, 7) is 4.19. The molecule has 0 aliphatic heterocycles. The van der Waals surface area contributed by atoms with Crippen LogP contribution in [0.15, 0.2) is 73.1 Å². The number of fused-ring (bicyclic) bond motifs is 1. The summed E-state index contributed by atoms with van der Waals surface area (Å²) in [5, 5.41) is 2.92. The number of rotatable bonds is 4. The van der Waals surface area contributed by atoms with Gasteiger partial charge in [-0.2, -0.15) is 0 Å². The Morgan fingerprint density at radius 1 is 0.929 bits per heavy atom. The zero-order chi connectivity index (χ0) is 19.7. The number of amides is 1. The van der Waals surface area contributed by atoms with Gasteiger partial charge in [-0.1, -0.05) is 38.1 Å². The first kappa shape index (κ1) is 17.9. The van der Waals surface area contributed by atoms with Crippen molar-refractivity contribution in [2.75, 3.05) is 5.32 Å². The van der Waals surface area contributed by atoms with E-state index in [-0.39, 0.29) is 11.7 Å². The Morgan fingerprint density at radius 3 is 2.21 bits per heavy atom. The third kappa shape index (κ3) is 3.64. The third-order valence-corrected chi connectivity index (χ3v) is 4.64. The molecule has 2 aromatic carbocycles. The van der Waals surface area contributed by atoms with Gasteiger partial charge in [-0.3, -0.25) is 4.79 Å². The Bertz CT molecular complexity index is 1130. The second kappa shape index (κ2) is 7.27. The second-order valence-electron chi connectivity index (χ2n) is 7.04. The van der Waals surface area contributed by atoms with Crippen LogP contribution in [0, 0.1) is 5.82 Å². The highest BCUT2D eigenvalue weighted by Crippen LogP contribution is 2.21. The maximum Gasteiger partial charge on any atom is 0.255 e. The minimum absolute atomic E-state index is 0.186. The molecule has 4 nitrogen and oxygen atoms in total. The number of nitrogens with zero attached hydrogens (tertiary/aromatic N) is 2. The van der Waals surface area contributed by atoms with E-state index in [9.17, 15) is 9.18 Å². The quantitative estimate of drug-likeness (QED) is 0.512. The molecule has 2 aromatic heterocycles. The molecular formula is C23H20FN3O. The van der Waals surface area contributed by atoms with Gasteiger partial charge in [-0.25, -0.2) is 9.37 Å². The van der Waals surface area contributed by atoms with Gasteiger partial charge >= 0.3 is 0 Å². The van der Waals surface area contributed by atoms with Gasteiger partial charge < -0.3 is 9.72 Å². The monoisotopic (exact) mass is 373 g/mol. The van der Waals surface area contributed by atoms with E-state index in [4.69, 9.17) is 0 Å². The molecule has 4 rings (SSSR count). The van der Waals surface area contributed by atoms with E-state index < -0.39 is 0 Å². The van der Waals surface area contributed by atoms with Crippen molar-refractivity contribution in [1.82, 2.24) is 9.38 Å².